The largest absolute Gasteiger partial charge is 0.465 e. The molecular weight excluding hydrogens is 296 g/mol. The minimum absolute atomic E-state index is 0.0338. The van der Waals surface area contributed by atoms with Crippen molar-refractivity contribution < 1.29 is 14.5 Å². The molecule has 0 radical (unpaired) electrons. The number of nitriles is 1. The monoisotopic (exact) mass is 308 g/mol. The second-order valence-electron chi connectivity index (χ2n) is 4.59. The zero-order valence-electron chi connectivity index (χ0n) is 12.2. The molecule has 0 aromatic heterocycles. The number of carbonyl (C=O) groups is 1. The highest BCUT2D eigenvalue weighted by Crippen LogP contribution is 2.21. The van der Waals surface area contributed by atoms with E-state index < -0.39 is 10.9 Å². The SMILES string of the molecule is COC(=O)c1ccc(C=C(C#N)c2ccc([N+](=O)[O-])cc2)cc1. The molecule has 23 heavy (non-hydrogen) atoms. The van der Waals surface area contributed by atoms with Crippen molar-refractivity contribution in [2.24, 2.45) is 0 Å². The summed E-state index contributed by atoms with van der Waals surface area (Å²) in [5, 5.41) is 19.9. The highest BCUT2D eigenvalue weighted by molar-refractivity contribution is 5.92. The maximum Gasteiger partial charge on any atom is 0.337 e. The summed E-state index contributed by atoms with van der Waals surface area (Å²) in [6.07, 6.45) is 1.64. The van der Waals surface area contributed by atoms with Gasteiger partial charge in [0.2, 0.25) is 0 Å². The molecule has 0 saturated carbocycles. The summed E-state index contributed by atoms with van der Waals surface area (Å²) in [4.78, 5) is 21.5. The van der Waals surface area contributed by atoms with Crippen LogP contribution in [0.4, 0.5) is 5.69 Å². The number of rotatable bonds is 4. The molecular formula is C17H12N2O4. The predicted molar refractivity (Wildman–Crippen MR) is 84.4 cm³/mol. The van der Waals surface area contributed by atoms with Gasteiger partial charge in [0.15, 0.2) is 0 Å². The summed E-state index contributed by atoms with van der Waals surface area (Å²) in [7, 11) is 1.30. The average molecular weight is 308 g/mol. The first-order valence-corrected chi connectivity index (χ1v) is 6.60. The minimum Gasteiger partial charge on any atom is -0.465 e. The molecule has 6 nitrogen and oxygen atoms in total. The van der Waals surface area contributed by atoms with Gasteiger partial charge in [-0.3, -0.25) is 10.1 Å². The molecule has 114 valence electrons. The molecule has 0 fully saturated rings. The Kier molecular flexibility index (Phi) is 4.85. The van der Waals surface area contributed by atoms with Gasteiger partial charge in [0.05, 0.1) is 29.2 Å². The van der Waals surface area contributed by atoms with Crippen LogP contribution >= 0.6 is 0 Å². The molecule has 0 spiro atoms. The molecule has 0 atom stereocenters. The summed E-state index contributed by atoms with van der Waals surface area (Å²) in [5.74, 6) is -0.434. The van der Waals surface area contributed by atoms with Crippen molar-refractivity contribution in [3.63, 3.8) is 0 Å². The van der Waals surface area contributed by atoms with E-state index in [1.165, 1.54) is 31.4 Å². The lowest BCUT2D eigenvalue weighted by Crippen LogP contribution is -2.00. The molecule has 0 aliphatic heterocycles. The number of nitrogens with zero attached hydrogens (tertiary/aromatic N) is 2. The number of nitro benzene ring substituents is 1. The van der Waals surface area contributed by atoms with E-state index in [-0.39, 0.29) is 5.69 Å². The Hall–Kier alpha value is -3.46. The van der Waals surface area contributed by atoms with Crippen LogP contribution in [0.3, 0.4) is 0 Å². The van der Waals surface area contributed by atoms with Crippen LogP contribution in [0.5, 0.6) is 0 Å². The molecule has 0 N–H and O–H groups in total. The molecule has 0 unspecified atom stereocenters. The quantitative estimate of drug-likeness (QED) is 0.283. The number of allylic oxidation sites excluding steroid dienone is 1. The predicted octanol–water partition coefficient (Wildman–Crippen LogP) is 3.45. The number of esters is 1. The summed E-state index contributed by atoms with van der Waals surface area (Å²) in [6, 6.07) is 14.4. The van der Waals surface area contributed by atoms with Crippen LogP contribution in [0.25, 0.3) is 11.6 Å². The van der Waals surface area contributed by atoms with Gasteiger partial charge in [0.25, 0.3) is 5.69 Å². The lowest BCUT2D eigenvalue weighted by molar-refractivity contribution is -0.384. The first-order chi connectivity index (χ1) is 11.0. The van der Waals surface area contributed by atoms with Crippen molar-refractivity contribution in [3.8, 4) is 6.07 Å². The van der Waals surface area contributed by atoms with Crippen molar-refractivity contribution in [2.45, 2.75) is 0 Å². The highest BCUT2D eigenvalue weighted by atomic mass is 16.6. The van der Waals surface area contributed by atoms with E-state index in [1.807, 2.05) is 0 Å². The number of non-ortho nitro benzene ring substituents is 1. The summed E-state index contributed by atoms with van der Waals surface area (Å²) >= 11 is 0. The number of hydrogen-bond acceptors (Lipinski definition) is 5. The van der Waals surface area contributed by atoms with Gasteiger partial charge >= 0.3 is 5.97 Å². The smallest absolute Gasteiger partial charge is 0.337 e. The third-order valence-corrected chi connectivity index (χ3v) is 3.15. The van der Waals surface area contributed by atoms with Crippen LogP contribution < -0.4 is 0 Å². The molecule has 0 heterocycles. The fourth-order valence-electron chi connectivity index (χ4n) is 1.94. The normalized spacial score (nSPS) is 10.7. The molecule has 6 heteroatoms. The second-order valence-corrected chi connectivity index (χ2v) is 4.59. The molecule has 2 rings (SSSR count). The van der Waals surface area contributed by atoms with Crippen molar-refractivity contribution in [1.82, 2.24) is 0 Å². The Bertz CT molecular complexity index is 800. The van der Waals surface area contributed by atoms with Gasteiger partial charge in [0.1, 0.15) is 0 Å². The fourth-order valence-corrected chi connectivity index (χ4v) is 1.94. The molecule has 2 aromatic rings. The van der Waals surface area contributed by atoms with Crippen LogP contribution in [0.15, 0.2) is 48.5 Å². The number of methoxy groups -OCH3 is 1. The number of benzene rings is 2. The Morgan fingerprint density at radius 3 is 2.17 bits per heavy atom. The molecule has 0 bridgehead atoms. The van der Waals surface area contributed by atoms with Gasteiger partial charge in [-0.05, 0) is 41.5 Å². The van der Waals surface area contributed by atoms with Gasteiger partial charge in [0, 0.05) is 12.1 Å². The van der Waals surface area contributed by atoms with Crippen LogP contribution in [0.1, 0.15) is 21.5 Å². The summed E-state index contributed by atoms with van der Waals surface area (Å²) < 4.78 is 4.62. The third kappa shape index (κ3) is 3.80. The number of ether oxygens (including phenoxy) is 1. The van der Waals surface area contributed by atoms with Crippen molar-refractivity contribution in [3.05, 3.63) is 75.3 Å². The molecule has 0 aliphatic carbocycles. The van der Waals surface area contributed by atoms with E-state index in [9.17, 15) is 20.2 Å². The standard InChI is InChI=1S/C17H12N2O4/c1-23-17(20)14-4-2-12(3-5-14)10-15(11-18)13-6-8-16(9-7-13)19(21)22/h2-10H,1H3. The molecule has 0 aliphatic rings. The molecule has 0 saturated heterocycles. The second kappa shape index (κ2) is 7.00. The lowest BCUT2D eigenvalue weighted by Gasteiger charge is -2.02. The zero-order chi connectivity index (χ0) is 16.8. The van der Waals surface area contributed by atoms with Crippen molar-refractivity contribution >= 4 is 23.3 Å². The van der Waals surface area contributed by atoms with E-state index in [2.05, 4.69) is 10.8 Å². The Morgan fingerprint density at radius 2 is 1.70 bits per heavy atom. The number of hydrogen-bond donors (Lipinski definition) is 0. The van der Waals surface area contributed by atoms with Crippen LogP contribution in [0.2, 0.25) is 0 Å². The topological polar surface area (TPSA) is 93.2 Å². The lowest BCUT2D eigenvalue weighted by atomic mass is 10.0. The van der Waals surface area contributed by atoms with Gasteiger partial charge < -0.3 is 4.74 Å². The van der Waals surface area contributed by atoms with E-state index in [0.717, 1.165) is 5.56 Å². The maximum atomic E-state index is 11.4. The van der Waals surface area contributed by atoms with Gasteiger partial charge in [-0.2, -0.15) is 5.26 Å². The molecule has 0 amide bonds. The maximum absolute atomic E-state index is 11.4. The van der Waals surface area contributed by atoms with Gasteiger partial charge in [-0.25, -0.2) is 4.79 Å². The van der Waals surface area contributed by atoms with Crippen LogP contribution in [0, 0.1) is 21.4 Å². The first-order valence-electron chi connectivity index (χ1n) is 6.60. The Morgan fingerprint density at radius 1 is 1.13 bits per heavy atom. The zero-order valence-corrected chi connectivity index (χ0v) is 12.2. The molecule has 2 aromatic carbocycles. The summed E-state index contributed by atoms with van der Waals surface area (Å²) in [5.41, 5.74) is 2.06. The van der Waals surface area contributed by atoms with E-state index >= 15 is 0 Å². The number of nitro groups is 1. The summed E-state index contributed by atoms with van der Waals surface area (Å²) in [6.45, 7) is 0. The van der Waals surface area contributed by atoms with Crippen LogP contribution in [-0.4, -0.2) is 18.0 Å². The van der Waals surface area contributed by atoms with Crippen molar-refractivity contribution in [1.29, 1.82) is 5.26 Å². The van der Waals surface area contributed by atoms with Crippen molar-refractivity contribution in [2.75, 3.05) is 7.11 Å². The number of carbonyl (C=O) groups excluding carboxylic acids is 1. The Labute approximate surface area is 132 Å². The first kappa shape index (κ1) is 15.9. The minimum atomic E-state index is -0.495. The van der Waals surface area contributed by atoms with E-state index in [0.29, 0.717) is 16.7 Å². The van der Waals surface area contributed by atoms with Crippen LogP contribution in [-0.2, 0) is 4.74 Å². The van der Waals surface area contributed by atoms with Gasteiger partial charge in [-0.15, -0.1) is 0 Å². The highest BCUT2D eigenvalue weighted by Gasteiger charge is 2.08. The van der Waals surface area contributed by atoms with E-state index in [4.69, 9.17) is 0 Å². The van der Waals surface area contributed by atoms with Gasteiger partial charge in [-0.1, -0.05) is 12.1 Å². The average Bonchev–Trinajstić information content (AvgIpc) is 2.59. The van der Waals surface area contributed by atoms with E-state index in [1.54, 1.807) is 30.3 Å². The third-order valence-electron chi connectivity index (χ3n) is 3.15. The fraction of sp³-hybridized carbons (Fsp3) is 0.0588. The Balaban J connectivity index is 2.30.